The average Bonchev–Trinajstić information content (AvgIpc) is 3.45. The van der Waals surface area contributed by atoms with Crippen LogP contribution < -0.4 is 4.90 Å². The number of nitrogens with zero attached hydrogens (tertiary/aromatic N) is 2. The molecule has 0 radical (unpaired) electrons. The van der Waals surface area contributed by atoms with Crippen LogP contribution >= 0.6 is 0 Å². The Labute approximate surface area is 243 Å². The Morgan fingerprint density at radius 3 is 1.98 bits per heavy atom. The standard InChI is InChI=1S/C39H26N2O/c1-3-9-27(10-4-1)28-15-18-31(19-16-28)41(36-14-8-7-13-33(36)29-11-5-2-6-12-29)32-20-22-37-34(25-32)39-35-26-40-24-23-30(35)17-21-38(39)42-37/h1-26H. The molecule has 8 rings (SSSR count). The number of hydrogen-bond acceptors (Lipinski definition) is 3. The predicted molar refractivity (Wildman–Crippen MR) is 175 cm³/mol. The summed E-state index contributed by atoms with van der Waals surface area (Å²) in [6.45, 7) is 0. The van der Waals surface area contributed by atoms with Crippen LogP contribution in [0.2, 0.25) is 0 Å². The number of anilines is 3. The monoisotopic (exact) mass is 538 g/mol. The Morgan fingerprint density at radius 1 is 0.500 bits per heavy atom. The van der Waals surface area contributed by atoms with Crippen molar-refractivity contribution in [2.24, 2.45) is 0 Å². The first kappa shape index (κ1) is 24.2. The summed E-state index contributed by atoms with van der Waals surface area (Å²) >= 11 is 0. The molecule has 3 nitrogen and oxygen atoms in total. The first-order valence-electron chi connectivity index (χ1n) is 14.1. The number of para-hydroxylation sites is 1. The zero-order chi connectivity index (χ0) is 27.9. The summed E-state index contributed by atoms with van der Waals surface area (Å²) in [5.41, 5.74) is 9.70. The van der Waals surface area contributed by atoms with E-state index in [1.165, 1.54) is 16.7 Å². The van der Waals surface area contributed by atoms with Gasteiger partial charge in [-0.25, -0.2) is 0 Å². The largest absolute Gasteiger partial charge is 0.456 e. The second-order valence-electron chi connectivity index (χ2n) is 10.4. The first-order valence-corrected chi connectivity index (χ1v) is 14.1. The molecule has 0 spiro atoms. The van der Waals surface area contributed by atoms with Gasteiger partial charge in [-0.15, -0.1) is 0 Å². The maximum atomic E-state index is 6.32. The lowest BCUT2D eigenvalue weighted by molar-refractivity contribution is 0.669. The fourth-order valence-corrected chi connectivity index (χ4v) is 5.95. The number of aromatic nitrogens is 1. The average molecular weight is 539 g/mol. The first-order chi connectivity index (χ1) is 20.8. The summed E-state index contributed by atoms with van der Waals surface area (Å²) in [4.78, 5) is 6.77. The van der Waals surface area contributed by atoms with Crippen molar-refractivity contribution in [2.45, 2.75) is 0 Å². The molecule has 6 aromatic carbocycles. The zero-order valence-corrected chi connectivity index (χ0v) is 22.8. The minimum atomic E-state index is 0.862. The van der Waals surface area contributed by atoms with Gasteiger partial charge in [-0.2, -0.15) is 0 Å². The summed E-state index contributed by atoms with van der Waals surface area (Å²) < 4.78 is 6.32. The number of fused-ring (bicyclic) bond motifs is 5. The van der Waals surface area contributed by atoms with Gasteiger partial charge in [0.15, 0.2) is 0 Å². The van der Waals surface area contributed by atoms with E-state index in [1.807, 2.05) is 18.5 Å². The number of benzene rings is 6. The molecule has 0 N–H and O–H groups in total. The normalized spacial score (nSPS) is 11.3. The molecule has 0 bridgehead atoms. The molecular formula is C39H26N2O. The fraction of sp³-hybridized carbons (Fsp3) is 0. The van der Waals surface area contributed by atoms with Gasteiger partial charge in [0.2, 0.25) is 0 Å². The van der Waals surface area contributed by atoms with Crippen LogP contribution in [0.3, 0.4) is 0 Å². The van der Waals surface area contributed by atoms with Crippen molar-refractivity contribution < 1.29 is 4.42 Å². The third kappa shape index (κ3) is 4.11. The van der Waals surface area contributed by atoms with Crippen molar-refractivity contribution >= 4 is 49.8 Å². The minimum absolute atomic E-state index is 0.862. The summed E-state index contributed by atoms with van der Waals surface area (Å²) in [6, 6.07) is 51.2. The second kappa shape index (κ2) is 10.1. The summed E-state index contributed by atoms with van der Waals surface area (Å²) in [7, 11) is 0. The van der Waals surface area contributed by atoms with E-state index in [2.05, 4.69) is 149 Å². The molecule has 2 aromatic heterocycles. The highest BCUT2D eigenvalue weighted by Crippen LogP contribution is 2.43. The molecule has 0 unspecified atom stereocenters. The second-order valence-corrected chi connectivity index (χ2v) is 10.4. The van der Waals surface area contributed by atoms with Gasteiger partial charge < -0.3 is 9.32 Å². The van der Waals surface area contributed by atoms with Crippen molar-refractivity contribution in [3.05, 3.63) is 158 Å². The predicted octanol–water partition coefficient (Wildman–Crippen LogP) is 10.9. The molecule has 0 aliphatic rings. The smallest absolute Gasteiger partial charge is 0.136 e. The van der Waals surface area contributed by atoms with Gasteiger partial charge in [0, 0.05) is 45.5 Å². The molecule has 0 fully saturated rings. The van der Waals surface area contributed by atoms with Gasteiger partial charge in [0.05, 0.1) is 5.69 Å². The molecular weight excluding hydrogens is 512 g/mol. The zero-order valence-electron chi connectivity index (χ0n) is 22.8. The van der Waals surface area contributed by atoms with Gasteiger partial charge in [0.25, 0.3) is 0 Å². The van der Waals surface area contributed by atoms with Crippen LogP contribution in [0, 0.1) is 0 Å². The van der Waals surface area contributed by atoms with Crippen molar-refractivity contribution in [3.8, 4) is 22.3 Å². The molecule has 0 amide bonds. The van der Waals surface area contributed by atoms with Crippen molar-refractivity contribution in [3.63, 3.8) is 0 Å². The van der Waals surface area contributed by atoms with E-state index in [9.17, 15) is 0 Å². The van der Waals surface area contributed by atoms with E-state index in [4.69, 9.17) is 4.42 Å². The SMILES string of the molecule is c1ccc(-c2ccc(N(c3ccc4oc5ccc6ccncc6c5c4c3)c3ccccc3-c3ccccc3)cc2)cc1. The molecule has 42 heavy (non-hydrogen) atoms. The molecule has 8 aromatic rings. The molecule has 0 aliphatic heterocycles. The third-order valence-electron chi connectivity index (χ3n) is 7.96. The summed E-state index contributed by atoms with van der Waals surface area (Å²) in [6.07, 6.45) is 3.77. The van der Waals surface area contributed by atoms with Crippen LogP contribution in [0.1, 0.15) is 0 Å². The highest BCUT2D eigenvalue weighted by molar-refractivity contribution is 6.19. The number of hydrogen-bond donors (Lipinski definition) is 0. The Kier molecular flexibility index (Phi) is 5.79. The van der Waals surface area contributed by atoms with Crippen LogP contribution in [0.5, 0.6) is 0 Å². The van der Waals surface area contributed by atoms with Gasteiger partial charge in [-0.05, 0) is 70.6 Å². The Balaban J connectivity index is 1.36. The Bertz CT molecular complexity index is 2180. The van der Waals surface area contributed by atoms with Crippen LogP contribution in [0.25, 0.3) is 55.0 Å². The summed E-state index contributed by atoms with van der Waals surface area (Å²) in [5.74, 6) is 0. The van der Waals surface area contributed by atoms with E-state index in [-0.39, 0.29) is 0 Å². The van der Waals surface area contributed by atoms with E-state index >= 15 is 0 Å². The van der Waals surface area contributed by atoms with E-state index < -0.39 is 0 Å². The number of rotatable bonds is 5. The van der Waals surface area contributed by atoms with Crippen molar-refractivity contribution in [1.29, 1.82) is 0 Å². The third-order valence-corrected chi connectivity index (χ3v) is 7.96. The maximum absolute atomic E-state index is 6.32. The highest BCUT2D eigenvalue weighted by atomic mass is 16.3. The van der Waals surface area contributed by atoms with Crippen LogP contribution in [0.4, 0.5) is 17.1 Å². The molecule has 0 aliphatic carbocycles. The van der Waals surface area contributed by atoms with Crippen LogP contribution in [-0.4, -0.2) is 4.98 Å². The van der Waals surface area contributed by atoms with Crippen molar-refractivity contribution in [2.75, 3.05) is 4.90 Å². The van der Waals surface area contributed by atoms with Gasteiger partial charge in [0.1, 0.15) is 11.2 Å². The minimum Gasteiger partial charge on any atom is -0.456 e. The lowest BCUT2D eigenvalue weighted by atomic mass is 10.0. The molecule has 0 atom stereocenters. The summed E-state index contributed by atoms with van der Waals surface area (Å²) in [5, 5.41) is 4.40. The molecule has 3 heteroatoms. The van der Waals surface area contributed by atoms with Gasteiger partial charge >= 0.3 is 0 Å². The van der Waals surface area contributed by atoms with E-state index in [0.29, 0.717) is 0 Å². The number of furan rings is 1. The molecule has 0 saturated heterocycles. The molecule has 198 valence electrons. The highest BCUT2D eigenvalue weighted by Gasteiger charge is 2.19. The van der Waals surface area contributed by atoms with E-state index in [0.717, 1.165) is 55.3 Å². The Morgan fingerprint density at radius 2 is 1.17 bits per heavy atom. The van der Waals surface area contributed by atoms with Crippen LogP contribution in [-0.2, 0) is 0 Å². The van der Waals surface area contributed by atoms with Gasteiger partial charge in [-0.1, -0.05) is 97.1 Å². The van der Waals surface area contributed by atoms with Crippen molar-refractivity contribution in [1.82, 2.24) is 4.98 Å². The maximum Gasteiger partial charge on any atom is 0.136 e. The fourth-order valence-electron chi connectivity index (χ4n) is 5.95. The quantitative estimate of drug-likeness (QED) is 0.218. The topological polar surface area (TPSA) is 29.3 Å². The Hall–Kier alpha value is -5.67. The molecule has 0 saturated carbocycles. The van der Waals surface area contributed by atoms with E-state index in [1.54, 1.807) is 0 Å². The van der Waals surface area contributed by atoms with Crippen LogP contribution in [0.15, 0.2) is 162 Å². The molecule has 2 heterocycles. The van der Waals surface area contributed by atoms with Gasteiger partial charge in [-0.3, -0.25) is 4.98 Å². The lowest BCUT2D eigenvalue weighted by Gasteiger charge is -2.28. The lowest BCUT2D eigenvalue weighted by Crippen LogP contribution is -2.11. The number of pyridine rings is 1.